The number of hydrogen-bond donors (Lipinski definition) is 1. The van der Waals surface area contributed by atoms with Crippen LogP contribution in [0.4, 0.5) is 5.69 Å². The lowest BCUT2D eigenvalue weighted by Gasteiger charge is -2.18. The minimum atomic E-state index is -0.220. The first kappa shape index (κ1) is 10.8. The summed E-state index contributed by atoms with van der Waals surface area (Å²) in [6, 6.07) is 6.50. The number of phenols is 1. The van der Waals surface area contributed by atoms with Gasteiger partial charge in [0.05, 0.1) is 17.5 Å². The number of amides is 2. The van der Waals surface area contributed by atoms with Gasteiger partial charge in [0, 0.05) is 0 Å². The molecule has 1 aliphatic heterocycles. The van der Waals surface area contributed by atoms with E-state index in [0.717, 1.165) is 6.42 Å². The number of carbonyl (C=O) groups excluding carboxylic acids is 2. The number of phenolic OH excluding ortho intramolecular Hbond substituents is 1. The zero-order valence-electron chi connectivity index (χ0n) is 10.2. The molecule has 2 bridgehead atoms. The molecule has 19 heavy (non-hydrogen) atoms. The molecule has 3 aliphatic rings. The number of carbonyl (C=O) groups is 2. The lowest BCUT2D eigenvalue weighted by Crippen LogP contribution is -2.32. The summed E-state index contributed by atoms with van der Waals surface area (Å²) in [5.41, 5.74) is 0.311. The van der Waals surface area contributed by atoms with Crippen LogP contribution in [0.1, 0.15) is 6.42 Å². The fraction of sp³-hybridized carbons (Fsp3) is 0.333. The van der Waals surface area contributed by atoms with E-state index >= 15 is 0 Å². The van der Waals surface area contributed by atoms with Crippen molar-refractivity contribution >= 4 is 17.5 Å². The van der Waals surface area contributed by atoms with Crippen LogP contribution in [0.25, 0.3) is 0 Å². The van der Waals surface area contributed by atoms with Gasteiger partial charge in [-0.25, -0.2) is 4.90 Å². The van der Waals surface area contributed by atoms with Crippen LogP contribution in [-0.2, 0) is 9.59 Å². The Morgan fingerprint density at radius 2 is 1.58 bits per heavy atom. The van der Waals surface area contributed by atoms with Gasteiger partial charge in [-0.3, -0.25) is 9.59 Å². The molecule has 2 aliphatic carbocycles. The standard InChI is InChI=1S/C15H13NO3/c17-11-4-2-1-3-10(11)16-14(18)12-8-5-6-9(7-8)13(12)15(16)19/h1-6,8-9,12-13,17H,7H2/t8-,9+,12-,13+. The highest BCUT2D eigenvalue weighted by molar-refractivity contribution is 6.23. The van der Waals surface area contributed by atoms with E-state index < -0.39 is 0 Å². The largest absolute Gasteiger partial charge is 0.506 e. The Balaban J connectivity index is 1.79. The molecule has 2 fully saturated rings. The smallest absolute Gasteiger partial charge is 0.238 e. The Bertz CT molecular complexity index is 592. The van der Waals surface area contributed by atoms with Gasteiger partial charge in [0.15, 0.2) is 0 Å². The van der Waals surface area contributed by atoms with Crippen LogP contribution >= 0.6 is 0 Å². The number of rotatable bonds is 1. The molecule has 0 spiro atoms. The Labute approximate surface area is 110 Å². The van der Waals surface area contributed by atoms with E-state index in [1.807, 2.05) is 0 Å². The van der Waals surface area contributed by atoms with Gasteiger partial charge in [-0.1, -0.05) is 24.3 Å². The molecule has 1 aromatic rings. The maximum Gasteiger partial charge on any atom is 0.238 e. The number of benzene rings is 1. The maximum absolute atomic E-state index is 12.5. The minimum Gasteiger partial charge on any atom is -0.506 e. The fourth-order valence-corrected chi connectivity index (χ4v) is 3.79. The summed E-state index contributed by atoms with van der Waals surface area (Å²) in [7, 11) is 0. The van der Waals surface area contributed by atoms with Crippen LogP contribution in [0.5, 0.6) is 5.75 Å². The number of fused-ring (bicyclic) bond motifs is 5. The normalized spacial score (nSPS) is 35.3. The number of para-hydroxylation sites is 2. The number of aromatic hydroxyl groups is 1. The van der Waals surface area contributed by atoms with Gasteiger partial charge in [0.25, 0.3) is 0 Å². The second-order valence-electron chi connectivity index (χ2n) is 5.50. The Kier molecular flexibility index (Phi) is 1.97. The molecule has 1 N–H and O–H groups in total. The molecule has 96 valence electrons. The quantitative estimate of drug-likeness (QED) is 0.614. The summed E-state index contributed by atoms with van der Waals surface area (Å²) in [6.45, 7) is 0. The molecule has 4 atom stereocenters. The Hall–Kier alpha value is -2.10. The van der Waals surface area contributed by atoms with Gasteiger partial charge in [-0.15, -0.1) is 0 Å². The van der Waals surface area contributed by atoms with Crippen LogP contribution < -0.4 is 4.90 Å². The summed E-state index contributed by atoms with van der Waals surface area (Å²) >= 11 is 0. The molecule has 0 unspecified atom stereocenters. The third-order valence-corrected chi connectivity index (χ3v) is 4.59. The first-order chi connectivity index (χ1) is 9.18. The molecule has 2 amide bonds. The number of imide groups is 1. The van der Waals surface area contributed by atoms with Crippen LogP contribution in [0, 0.1) is 23.7 Å². The number of allylic oxidation sites excluding steroid dienone is 2. The van der Waals surface area contributed by atoms with Crippen molar-refractivity contribution in [1.29, 1.82) is 0 Å². The summed E-state index contributed by atoms with van der Waals surface area (Å²) in [5, 5.41) is 9.86. The lowest BCUT2D eigenvalue weighted by atomic mass is 9.85. The number of hydrogen-bond acceptors (Lipinski definition) is 3. The van der Waals surface area contributed by atoms with Crippen molar-refractivity contribution < 1.29 is 14.7 Å². The van der Waals surface area contributed by atoms with Gasteiger partial charge in [-0.05, 0) is 30.4 Å². The van der Waals surface area contributed by atoms with E-state index in [-0.39, 0.29) is 41.2 Å². The summed E-state index contributed by atoms with van der Waals surface area (Å²) in [4.78, 5) is 26.2. The van der Waals surface area contributed by atoms with Gasteiger partial charge in [0.2, 0.25) is 11.8 Å². The first-order valence-electron chi connectivity index (χ1n) is 6.52. The van der Waals surface area contributed by atoms with E-state index in [1.165, 1.54) is 11.0 Å². The Morgan fingerprint density at radius 1 is 1.00 bits per heavy atom. The van der Waals surface area contributed by atoms with E-state index in [2.05, 4.69) is 12.2 Å². The van der Waals surface area contributed by atoms with Crippen molar-refractivity contribution in [2.24, 2.45) is 23.7 Å². The maximum atomic E-state index is 12.5. The highest BCUT2D eigenvalue weighted by atomic mass is 16.3. The van der Waals surface area contributed by atoms with Crippen molar-refractivity contribution in [3.8, 4) is 5.75 Å². The van der Waals surface area contributed by atoms with Gasteiger partial charge in [-0.2, -0.15) is 0 Å². The van der Waals surface area contributed by atoms with Crippen molar-refractivity contribution in [3.05, 3.63) is 36.4 Å². The van der Waals surface area contributed by atoms with Gasteiger partial charge >= 0.3 is 0 Å². The second kappa shape index (κ2) is 3.47. The van der Waals surface area contributed by atoms with Gasteiger partial charge < -0.3 is 5.11 Å². The third kappa shape index (κ3) is 1.23. The molecular formula is C15H13NO3. The van der Waals surface area contributed by atoms with E-state index in [0.29, 0.717) is 5.69 Å². The predicted molar refractivity (Wildman–Crippen MR) is 68.3 cm³/mol. The second-order valence-corrected chi connectivity index (χ2v) is 5.50. The van der Waals surface area contributed by atoms with E-state index in [9.17, 15) is 14.7 Å². The summed E-state index contributed by atoms with van der Waals surface area (Å²) < 4.78 is 0. The summed E-state index contributed by atoms with van der Waals surface area (Å²) in [6.07, 6.45) is 5.04. The molecule has 4 nitrogen and oxygen atoms in total. The molecule has 4 rings (SSSR count). The molecule has 4 heteroatoms. The van der Waals surface area contributed by atoms with Crippen molar-refractivity contribution in [2.75, 3.05) is 4.90 Å². The topological polar surface area (TPSA) is 57.6 Å². The minimum absolute atomic E-state index is 0.0236. The molecular weight excluding hydrogens is 242 g/mol. The first-order valence-corrected chi connectivity index (χ1v) is 6.52. The zero-order chi connectivity index (χ0) is 13.1. The molecule has 1 saturated heterocycles. The Morgan fingerprint density at radius 3 is 2.16 bits per heavy atom. The van der Waals surface area contributed by atoms with Crippen molar-refractivity contribution in [3.63, 3.8) is 0 Å². The van der Waals surface area contributed by atoms with Crippen LogP contribution in [0.2, 0.25) is 0 Å². The number of anilines is 1. The lowest BCUT2D eigenvalue weighted by molar-refractivity contribution is -0.123. The van der Waals surface area contributed by atoms with Crippen LogP contribution in [0.3, 0.4) is 0 Å². The van der Waals surface area contributed by atoms with Crippen LogP contribution in [-0.4, -0.2) is 16.9 Å². The van der Waals surface area contributed by atoms with E-state index in [4.69, 9.17) is 0 Å². The summed E-state index contributed by atoms with van der Waals surface area (Å²) in [5.74, 6) is -0.389. The van der Waals surface area contributed by atoms with E-state index in [1.54, 1.807) is 18.2 Å². The predicted octanol–water partition coefficient (Wildman–Crippen LogP) is 1.70. The molecule has 0 radical (unpaired) electrons. The van der Waals surface area contributed by atoms with Gasteiger partial charge in [0.1, 0.15) is 5.75 Å². The fourth-order valence-electron chi connectivity index (χ4n) is 3.79. The highest BCUT2D eigenvalue weighted by Gasteiger charge is 2.59. The monoisotopic (exact) mass is 255 g/mol. The highest BCUT2D eigenvalue weighted by Crippen LogP contribution is 2.53. The number of nitrogens with zero attached hydrogens (tertiary/aromatic N) is 1. The SMILES string of the molecule is O=C1[C@@H]2[C@H](C(=O)N1c1ccccc1O)[C@@H]1C=C[C@H]2C1. The average molecular weight is 255 g/mol. The third-order valence-electron chi connectivity index (χ3n) is 4.59. The van der Waals surface area contributed by atoms with Crippen molar-refractivity contribution in [1.82, 2.24) is 0 Å². The zero-order valence-corrected chi connectivity index (χ0v) is 10.2. The average Bonchev–Trinajstić information content (AvgIpc) is 3.06. The van der Waals surface area contributed by atoms with Crippen LogP contribution in [0.15, 0.2) is 36.4 Å². The van der Waals surface area contributed by atoms with Crippen molar-refractivity contribution in [2.45, 2.75) is 6.42 Å². The molecule has 1 heterocycles. The molecule has 1 aromatic carbocycles. The molecule has 0 aromatic heterocycles. The molecule has 1 saturated carbocycles.